The van der Waals surface area contributed by atoms with Crippen LogP contribution >= 0.6 is 0 Å². The molecule has 1 fully saturated rings. The number of para-hydroxylation sites is 2. The van der Waals surface area contributed by atoms with Gasteiger partial charge in [0, 0.05) is 12.6 Å². The molecule has 0 spiro atoms. The smallest absolute Gasteiger partial charge is 0.246 e. The van der Waals surface area contributed by atoms with Crippen molar-refractivity contribution >= 4 is 11.6 Å². The summed E-state index contributed by atoms with van der Waals surface area (Å²) >= 11 is 0. The van der Waals surface area contributed by atoms with Crippen LogP contribution in [-0.2, 0) is 4.79 Å². The Morgan fingerprint density at radius 3 is 2.89 bits per heavy atom. The predicted molar refractivity (Wildman–Crippen MR) is 68.8 cm³/mol. The number of methoxy groups -OCH3 is 1. The number of hydrogen-bond donors (Lipinski definition) is 2. The number of ether oxygens (including phenoxy) is 1. The lowest BCUT2D eigenvalue weighted by Gasteiger charge is -2.38. The van der Waals surface area contributed by atoms with Crippen molar-refractivity contribution in [1.29, 1.82) is 0 Å². The number of aliphatic hydroxyl groups excluding tert-OH is 1. The third-order valence-corrected chi connectivity index (χ3v) is 3.16. The lowest BCUT2D eigenvalue weighted by molar-refractivity contribution is -0.123. The quantitative estimate of drug-likeness (QED) is 0.814. The maximum absolute atomic E-state index is 12.3. The zero-order chi connectivity index (χ0) is 13.1. The van der Waals surface area contributed by atoms with E-state index in [4.69, 9.17) is 4.74 Å². The molecule has 1 amide bonds. The van der Waals surface area contributed by atoms with Crippen molar-refractivity contribution in [3.05, 3.63) is 24.3 Å². The fraction of sp³-hybridized carbons (Fsp3) is 0.462. The summed E-state index contributed by atoms with van der Waals surface area (Å²) in [4.78, 5) is 14.0. The fourth-order valence-corrected chi connectivity index (χ4v) is 2.20. The molecule has 1 aliphatic heterocycles. The topological polar surface area (TPSA) is 61.8 Å². The Morgan fingerprint density at radius 1 is 1.50 bits per heavy atom. The van der Waals surface area contributed by atoms with Crippen molar-refractivity contribution < 1.29 is 14.6 Å². The van der Waals surface area contributed by atoms with E-state index in [0.717, 1.165) is 5.69 Å². The summed E-state index contributed by atoms with van der Waals surface area (Å²) in [6.07, 6.45) is 0. The minimum atomic E-state index is -0.536. The van der Waals surface area contributed by atoms with Crippen molar-refractivity contribution in [3.63, 3.8) is 0 Å². The molecule has 2 rings (SSSR count). The normalized spacial score (nSPS) is 24.2. The van der Waals surface area contributed by atoms with E-state index < -0.39 is 6.04 Å². The first-order valence-corrected chi connectivity index (χ1v) is 5.99. The summed E-state index contributed by atoms with van der Waals surface area (Å²) in [5.74, 6) is 0.539. The van der Waals surface area contributed by atoms with E-state index >= 15 is 0 Å². The lowest BCUT2D eigenvalue weighted by Crippen LogP contribution is -2.60. The molecule has 0 bridgehead atoms. The molecule has 5 nitrogen and oxygen atoms in total. The molecule has 2 atom stereocenters. The van der Waals surface area contributed by atoms with Gasteiger partial charge in [-0.25, -0.2) is 0 Å². The molecule has 2 N–H and O–H groups in total. The van der Waals surface area contributed by atoms with Gasteiger partial charge in [-0.1, -0.05) is 12.1 Å². The molecular formula is C13H18N2O3. The number of aliphatic hydroxyl groups is 1. The van der Waals surface area contributed by atoms with Crippen LogP contribution in [0.15, 0.2) is 24.3 Å². The van der Waals surface area contributed by atoms with Gasteiger partial charge in [0.1, 0.15) is 11.8 Å². The van der Waals surface area contributed by atoms with Crippen LogP contribution in [0.3, 0.4) is 0 Å². The number of rotatable bonds is 3. The van der Waals surface area contributed by atoms with Crippen LogP contribution in [-0.4, -0.2) is 43.4 Å². The van der Waals surface area contributed by atoms with Crippen LogP contribution in [0.5, 0.6) is 5.75 Å². The highest BCUT2D eigenvalue weighted by Crippen LogP contribution is 2.30. The van der Waals surface area contributed by atoms with Crippen molar-refractivity contribution in [2.45, 2.75) is 19.0 Å². The molecule has 0 aromatic heterocycles. The Bertz CT molecular complexity index is 436. The number of carbonyl (C=O) groups is 1. The number of amides is 1. The highest BCUT2D eigenvalue weighted by atomic mass is 16.5. The van der Waals surface area contributed by atoms with Crippen molar-refractivity contribution in [3.8, 4) is 5.75 Å². The van der Waals surface area contributed by atoms with E-state index in [9.17, 15) is 9.90 Å². The Balaban J connectivity index is 2.37. The summed E-state index contributed by atoms with van der Waals surface area (Å²) in [6.45, 7) is 2.41. The maximum Gasteiger partial charge on any atom is 0.246 e. The second kappa shape index (κ2) is 5.37. The van der Waals surface area contributed by atoms with Gasteiger partial charge in [0.15, 0.2) is 0 Å². The van der Waals surface area contributed by atoms with Gasteiger partial charge in [0.25, 0.3) is 0 Å². The summed E-state index contributed by atoms with van der Waals surface area (Å²) < 4.78 is 5.29. The molecule has 1 aliphatic rings. The van der Waals surface area contributed by atoms with E-state index in [1.54, 1.807) is 12.0 Å². The van der Waals surface area contributed by atoms with E-state index in [2.05, 4.69) is 5.32 Å². The van der Waals surface area contributed by atoms with Gasteiger partial charge in [-0.2, -0.15) is 0 Å². The van der Waals surface area contributed by atoms with Crippen LogP contribution in [0.4, 0.5) is 5.69 Å². The second-order valence-corrected chi connectivity index (χ2v) is 4.37. The molecule has 0 aliphatic carbocycles. The third kappa shape index (κ3) is 2.19. The SMILES string of the molecule is COc1ccccc1N1C(=O)C(CO)NCC1C. The highest BCUT2D eigenvalue weighted by Gasteiger charge is 2.34. The molecule has 1 aromatic carbocycles. The van der Waals surface area contributed by atoms with Gasteiger partial charge in [-0.05, 0) is 19.1 Å². The van der Waals surface area contributed by atoms with E-state index in [0.29, 0.717) is 12.3 Å². The first kappa shape index (κ1) is 12.9. The Hall–Kier alpha value is -1.59. The van der Waals surface area contributed by atoms with Gasteiger partial charge in [-0.3, -0.25) is 4.79 Å². The van der Waals surface area contributed by atoms with Gasteiger partial charge < -0.3 is 20.1 Å². The standard InChI is InChI=1S/C13H18N2O3/c1-9-7-14-10(8-16)13(17)15(9)11-5-3-4-6-12(11)18-2/h3-6,9-10,14,16H,7-8H2,1-2H3. The zero-order valence-corrected chi connectivity index (χ0v) is 10.6. The molecule has 98 valence electrons. The first-order chi connectivity index (χ1) is 8.69. The van der Waals surface area contributed by atoms with Gasteiger partial charge in [0.2, 0.25) is 5.91 Å². The van der Waals surface area contributed by atoms with Gasteiger partial charge in [0.05, 0.1) is 19.4 Å². The molecule has 2 unspecified atom stereocenters. The maximum atomic E-state index is 12.3. The van der Waals surface area contributed by atoms with Crippen LogP contribution < -0.4 is 15.0 Å². The van der Waals surface area contributed by atoms with E-state index in [-0.39, 0.29) is 18.6 Å². The summed E-state index contributed by atoms with van der Waals surface area (Å²) in [7, 11) is 1.58. The molecular weight excluding hydrogens is 232 g/mol. The fourth-order valence-electron chi connectivity index (χ4n) is 2.20. The molecule has 1 heterocycles. The molecule has 1 aromatic rings. The van der Waals surface area contributed by atoms with E-state index in [1.807, 2.05) is 31.2 Å². The number of nitrogens with one attached hydrogen (secondary N) is 1. The molecule has 0 saturated carbocycles. The van der Waals surface area contributed by atoms with Gasteiger partial charge >= 0.3 is 0 Å². The van der Waals surface area contributed by atoms with Crippen molar-refractivity contribution in [2.75, 3.05) is 25.2 Å². The first-order valence-electron chi connectivity index (χ1n) is 5.99. The molecule has 1 saturated heterocycles. The van der Waals surface area contributed by atoms with Crippen LogP contribution in [0.2, 0.25) is 0 Å². The second-order valence-electron chi connectivity index (χ2n) is 4.37. The number of anilines is 1. The van der Waals surface area contributed by atoms with Crippen LogP contribution in [0.25, 0.3) is 0 Å². The average Bonchev–Trinajstić information content (AvgIpc) is 2.39. The van der Waals surface area contributed by atoms with E-state index in [1.165, 1.54) is 0 Å². The lowest BCUT2D eigenvalue weighted by atomic mass is 10.1. The molecule has 18 heavy (non-hydrogen) atoms. The number of benzene rings is 1. The number of piperazine rings is 1. The minimum absolute atomic E-state index is 0.0246. The summed E-state index contributed by atoms with van der Waals surface area (Å²) in [5.41, 5.74) is 0.748. The number of hydrogen-bond acceptors (Lipinski definition) is 4. The van der Waals surface area contributed by atoms with Crippen LogP contribution in [0, 0.1) is 0 Å². The third-order valence-electron chi connectivity index (χ3n) is 3.16. The largest absolute Gasteiger partial charge is 0.495 e. The average molecular weight is 250 g/mol. The zero-order valence-electron chi connectivity index (χ0n) is 10.6. The number of nitrogens with zero attached hydrogens (tertiary/aromatic N) is 1. The predicted octanol–water partition coefficient (Wildman–Crippen LogP) is 0.381. The Labute approximate surface area is 106 Å². The molecule has 0 radical (unpaired) electrons. The summed E-state index contributed by atoms with van der Waals surface area (Å²) in [5, 5.41) is 12.2. The van der Waals surface area contributed by atoms with Crippen molar-refractivity contribution in [1.82, 2.24) is 5.32 Å². The Morgan fingerprint density at radius 2 is 2.22 bits per heavy atom. The summed E-state index contributed by atoms with van der Waals surface area (Å²) in [6, 6.07) is 6.90. The highest BCUT2D eigenvalue weighted by molar-refractivity contribution is 5.99. The van der Waals surface area contributed by atoms with Gasteiger partial charge in [-0.15, -0.1) is 0 Å². The Kier molecular flexibility index (Phi) is 3.84. The minimum Gasteiger partial charge on any atom is -0.495 e. The monoisotopic (exact) mass is 250 g/mol. The van der Waals surface area contributed by atoms with Crippen molar-refractivity contribution in [2.24, 2.45) is 0 Å². The van der Waals surface area contributed by atoms with Crippen LogP contribution in [0.1, 0.15) is 6.92 Å². The number of carbonyl (C=O) groups excluding carboxylic acids is 1. The molecule has 5 heteroatoms.